The molecule has 2 aromatic carbocycles. The fourth-order valence-corrected chi connectivity index (χ4v) is 3.48. The van der Waals surface area contributed by atoms with Gasteiger partial charge in [0.15, 0.2) is 0 Å². The number of carbonyl (C=O) groups is 2. The van der Waals surface area contributed by atoms with Crippen LogP contribution in [-0.2, 0) is 9.59 Å². The number of hydrogen-bond donors (Lipinski definition) is 2. The zero-order chi connectivity index (χ0) is 24.1. The lowest BCUT2D eigenvalue weighted by molar-refractivity contribution is -0.121. The number of hydrazone groups is 2. The summed E-state index contributed by atoms with van der Waals surface area (Å²) in [6.45, 7) is 0. The zero-order valence-electron chi connectivity index (χ0n) is 19.6. The summed E-state index contributed by atoms with van der Waals surface area (Å²) in [6.07, 6.45) is 3.91. The number of thioether (sulfide) groups is 1. The Bertz CT molecular complexity index is 863. The first-order valence-corrected chi connectivity index (χ1v) is 11.8. The first kappa shape index (κ1) is 25.9. The Kier molecular flexibility index (Phi) is 11.0. The van der Waals surface area contributed by atoms with Gasteiger partial charge in [-0.3, -0.25) is 9.59 Å². The van der Waals surface area contributed by atoms with Crippen molar-refractivity contribution in [1.29, 1.82) is 0 Å². The van der Waals surface area contributed by atoms with Crippen LogP contribution in [0.15, 0.2) is 58.7 Å². The Morgan fingerprint density at radius 3 is 1.42 bits per heavy atom. The van der Waals surface area contributed by atoms with Gasteiger partial charge in [0.2, 0.25) is 11.8 Å². The van der Waals surface area contributed by atoms with Gasteiger partial charge in [-0.25, -0.2) is 10.9 Å². The third-order valence-electron chi connectivity index (χ3n) is 4.57. The molecule has 0 aliphatic carbocycles. The number of hydrogen-bond acceptors (Lipinski definition) is 7. The van der Waals surface area contributed by atoms with E-state index in [4.69, 9.17) is 0 Å². The molecule has 0 fully saturated rings. The van der Waals surface area contributed by atoms with Gasteiger partial charge in [0, 0.05) is 63.9 Å². The zero-order valence-corrected chi connectivity index (χ0v) is 20.4. The summed E-state index contributed by atoms with van der Waals surface area (Å²) in [6, 6.07) is 15.7. The van der Waals surface area contributed by atoms with Crippen LogP contribution in [0.3, 0.4) is 0 Å². The summed E-state index contributed by atoms with van der Waals surface area (Å²) >= 11 is 1.54. The molecule has 2 aromatic rings. The van der Waals surface area contributed by atoms with E-state index in [1.165, 1.54) is 0 Å². The molecule has 9 heteroatoms. The highest BCUT2D eigenvalue weighted by Gasteiger charge is 2.03. The molecule has 0 heterocycles. The smallest absolute Gasteiger partial charge is 0.240 e. The average molecular weight is 469 g/mol. The standard InChI is InChI=1S/C24H32N6O2S/c1-29(2)21-9-5-19(6-10-21)17-25-27-23(31)13-15-33-16-14-24(32)28-26-18-20-7-11-22(12-8-20)30(3)4/h5-12,17-18H,13-16H2,1-4H3,(H,27,31)(H,28,32)/b25-17-,26-18+. The SMILES string of the molecule is CN(C)c1ccc(/C=N\NC(=O)CCSCCC(=O)N/N=C/c2ccc(N(C)C)cc2)cc1. The molecule has 0 unspecified atom stereocenters. The molecule has 2 N–H and O–H groups in total. The highest BCUT2D eigenvalue weighted by atomic mass is 32.2. The second kappa shape index (κ2) is 13.9. The maximum absolute atomic E-state index is 11.9. The Morgan fingerprint density at radius 2 is 1.09 bits per heavy atom. The van der Waals surface area contributed by atoms with Crippen LogP contribution in [-0.4, -0.2) is 63.9 Å². The molecule has 0 spiro atoms. The van der Waals surface area contributed by atoms with Crippen molar-refractivity contribution in [2.45, 2.75) is 12.8 Å². The topological polar surface area (TPSA) is 89.4 Å². The highest BCUT2D eigenvalue weighted by molar-refractivity contribution is 7.99. The van der Waals surface area contributed by atoms with Crippen molar-refractivity contribution in [3.63, 3.8) is 0 Å². The van der Waals surface area contributed by atoms with Gasteiger partial charge in [-0.05, 0) is 35.4 Å². The van der Waals surface area contributed by atoms with Crippen molar-refractivity contribution < 1.29 is 9.59 Å². The maximum Gasteiger partial charge on any atom is 0.240 e. The van der Waals surface area contributed by atoms with Crippen LogP contribution in [0.1, 0.15) is 24.0 Å². The van der Waals surface area contributed by atoms with Gasteiger partial charge in [-0.1, -0.05) is 24.3 Å². The predicted octanol–water partition coefficient (Wildman–Crippen LogP) is 2.93. The van der Waals surface area contributed by atoms with E-state index in [2.05, 4.69) is 21.1 Å². The molecule has 176 valence electrons. The van der Waals surface area contributed by atoms with Crippen molar-refractivity contribution in [3.8, 4) is 0 Å². The van der Waals surface area contributed by atoms with Crippen LogP contribution in [0.2, 0.25) is 0 Å². The van der Waals surface area contributed by atoms with Crippen LogP contribution >= 0.6 is 11.8 Å². The van der Waals surface area contributed by atoms with Crippen molar-refractivity contribution in [2.24, 2.45) is 10.2 Å². The lowest BCUT2D eigenvalue weighted by Gasteiger charge is -2.11. The summed E-state index contributed by atoms with van der Waals surface area (Å²) < 4.78 is 0. The minimum atomic E-state index is -0.155. The number of amides is 2. The van der Waals surface area contributed by atoms with Crippen molar-refractivity contribution in [2.75, 3.05) is 49.5 Å². The molecule has 33 heavy (non-hydrogen) atoms. The number of benzene rings is 2. The molecular weight excluding hydrogens is 436 g/mol. The summed E-state index contributed by atoms with van der Waals surface area (Å²) in [5, 5.41) is 7.97. The number of carbonyl (C=O) groups excluding carboxylic acids is 2. The van der Waals surface area contributed by atoms with Gasteiger partial charge in [-0.2, -0.15) is 22.0 Å². The van der Waals surface area contributed by atoms with E-state index in [0.29, 0.717) is 24.3 Å². The molecule has 0 atom stereocenters. The van der Waals surface area contributed by atoms with Crippen molar-refractivity contribution >= 4 is 47.4 Å². The lowest BCUT2D eigenvalue weighted by atomic mass is 10.2. The van der Waals surface area contributed by atoms with Crippen LogP contribution in [0.25, 0.3) is 0 Å². The van der Waals surface area contributed by atoms with Gasteiger partial charge in [0.25, 0.3) is 0 Å². The molecule has 0 aliphatic heterocycles. The van der Waals surface area contributed by atoms with Crippen LogP contribution in [0.5, 0.6) is 0 Å². The molecule has 0 radical (unpaired) electrons. The number of rotatable bonds is 12. The van der Waals surface area contributed by atoms with E-state index >= 15 is 0 Å². The lowest BCUT2D eigenvalue weighted by Crippen LogP contribution is -2.19. The van der Waals surface area contributed by atoms with Gasteiger partial charge in [0.05, 0.1) is 12.4 Å². The average Bonchev–Trinajstić information content (AvgIpc) is 2.79. The Labute approximate surface area is 200 Å². The Morgan fingerprint density at radius 1 is 0.727 bits per heavy atom. The van der Waals surface area contributed by atoms with Crippen LogP contribution < -0.4 is 20.7 Å². The molecule has 0 saturated heterocycles. The molecule has 0 aliphatic rings. The normalized spacial score (nSPS) is 11.0. The molecular formula is C24H32N6O2S. The maximum atomic E-state index is 11.9. The van der Waals surface area contributed by atoms with Crippen LogP contribution in [0, 0.1) is 0 Å². The second-order valence-corrected chi connectivity index (χ2v) is 8.90. The van der Waals surface area contributed by atoms with Crippen molar-refractivity contribution in [3.05, 3.63) is 59.7 Å². The third-order valence-corrected chi connectivity index (χ3v) is 5.56. The largest absolute Gasteiger partial charge is 0.378 e. The second-order valence-electron chi connectivity index (χ2n) is 7.67. The minimum Gasteiger partial charge on any atom is -0.378 e. The first-order chi connectivity index (χ1) is 15.8. The monoisotopic (exact) mass is 468 g/mol. The van der Waals surface area contributed by atoms with E-state index < -0.39 is 0 Å². The van der Waals surface area contributed by atoms with Gasteiger partial charge in [0.1, 0.15) is 0 Å². The van der Waals surface area contributed by atoms with E-state index in [0.717, 1.165) is 22.5 Å². The quantitative estimate of drug-likeness (QED) is 0.284. The summed E-state index contributed by atoms with van der Waals surface area (Å²) in [4.78, 5) is 27.8. The predicted molar refractivity (Wildman–Crippen MR) is 140 cm³/mol. The molecule has 8 nitrogen and oxygen atoms in total. The Hall–Kier alpha value is -3.33. The molecule has 2 amide bonds. The fraction of sp³-hybridized carbons (Fsp3) is 0.333. The molecule has 0 bridgehead atoms. The minimum absolute atomic E-state index is 0.155. The molecule has 2 rings (SSSR count). The van der Waals surface area contributed by atoms with Gasteiger partial charge >= 0.3 is 0 Å². The first-order valence-electron chi connectivity index (χ1n) is 10.6. The van der Waals surface area contributed by atoms with Crippen molar-refractivity contribution in [1.82, 2.24) is 10.9 Å². The molecule has 0 aromatic heterocycles. The number of nitrogens with one attached hydrogen (secondary N) is 2. The summed E-state index contributed by atoms with van der Waals surface area (Å²) in [5.41, 5.74) is 9.08. The van der Waals surface area contributed by atoms with E-state index in [-0.39, 0.29) is 11.8 Å². The van der Waals surface area contributed by atoms with Crippen LogP contribution in [0.4, 0.5) is 11.4 Å². The fourth-order valence-electron chi connectivity index (χ4n) is 2.62. The Balaban J connectivity index is 1.56. The third kappa shape index (κ3) is 10.2. The van der Waals surface area contributed by atoms with Gasteiger partial charge in [-0.15, -0.1) is 0 Å². The number of anilines is 2. The van der Waals surface area contributed by atoms with E-state index in [9.17, 15) is 9.59 Å². The van der Waals surface area contributed by atoms with Gasteiger partial charge < -0.3 is 9.80 Å². The highest BCUT2D eigenvalue weighted by Crippen LogP contribution is 2.12. The van der Waals surface area contributed by atoms with E-state index in [1.54, 1.807) is 24.2 Å². The molecule has 0 saturated carbocycles. The van der Waals surface area contributed by atoms with E-state index in [1.807, 2.05) is 86.5 Å². The number of nitrogens with zero attached hydrogens (tertiary/aromatic N) is 4. The summed E-state index contributed by atoms with van der Waals surface area (Å²) in [7, 11) is 7.92. The summed E-state index contributed by atoms with van der Waals surface area (Å²) in [5.74, 6) is 0.928.